The molecule has 0 saturated carbocycles. The molecule has 2 nitrogen and oxygen atoms in total. The zero-order valence-corrected chi connectivity index (χ0v) is 34.8. The Morgan fingerprint density at radius 2 is 1.16 bits per heavy atom. The lowest BCUT2D eigenvalue weighted by molar-refractivity contribution is 0.660. The molecule has 0 fully saturated rings. The first-order valence-corrected chi connectivity index (χ1v) is 22.2. The van der Waals surface area contributed by atoms with Gasteiger partial charge in [0.25, 0.3) is 0 Å². The average molecular weight is 791 g/mol. The Morgan fingerprint density at radius 1 is 0.484 bits per heavy atom. The van der Waals surface area contributed by atoms with Crippen LogP contribution in [0.2, 0.25) is 0 Å². The smallest absolute Gasteiger partial charge is 0.0723 e. The Balaban J connectivity index is 1.16. The third kappa shape index (κ3) is 4.20. The number of fused-ring (bicyclic) bond motifs is 10. The molecular formula is C60H42N2. The van der Waals surface area contributed by atoms with Gasteiger partial charge in [-0.2, -0.15) is 0 Å². The average Bonchev–Trinajstić information content (AvgIpc) is 3.90. The van der Waals surface area contributed by atoms with Crippen LogP contribution >= 0.6 is 0 Å². The number of hydrogen-bond donors (Lipinski definition) is 0. The molecule has 9 aromatic carbocycles. The van der Waals surface area contributed by atoms with E-state index in [0.717, 1.165) is 24.2 Å². The summed E-state index contributed by atoms with van der Waals surface area (Å²) < 4.78 is 2.54. The van der Waals surface area contributed by atoms with Crippen molar-refractivity contribution in [1.29, 1.82) is 0 Å². The molecule has 0 saturated heterocycles. The van der Waals surface area contributed by atoms with Crippen molar-refractivity contribution in [2.45, 2.75) is 37.5 Å². The maximum atomic E-state index is 2.56. The Labute approximate surface area is 361 Å². The molecule has 2 heteroatoms. The molecule has 1 unspecified atom stereocenters. The zero-order valence-electron chi connectivity index (χ0n) is 34.8. The number of aromatic nitrogens is 1. The van der Waals surface area contributed by atoms with Gasteiger partial charge in [0.1, 0.15) is 0 Å². The topological polar surface area (TPSA) is 8.17 Å². The van der Waals surface area contributed by atoms with Crippen molar-refractivity contribution in [3.8, 4) is 16.8 Å². The Bertz CT molecular complexity index is 3670. The summed E-state index contributed by atoms with van der Waals surface area (Å²) >= 11 is 0. The van der Waals surface area contributed by atoms with Crippen molar-refractivity contribution in [1.82, 2.24) is 4.57 Å². The van der Waals surface area contributed by atoms with Crippen molar-refractivity contribution < 1.29 is 0 Å². The second-order valence-electron chi connectivity index (χ2n) is 18.3. The van der Waals surface area contributed by atoms with Gasteiger partial charge in [-0.3, -0.25) is 0 Å². The van der Waals surface area contributed by atoms with Crippen LogP contribution in [-0.2, 0) is 10.8 Å². The molecule has 4 aliphatic rings. The van der Waals surface area contributed by atoms with Crippen molar-refractivity contribution in [3.05, 3.63) is 233 Å². The van der Waals surface area contributed by atoms with Gasteiger partial charge in [-0.1, -0.05) is 159 Å². The van der Waals surface area contributed by atoms with Crippen LogP contribution in [0.15, 0.2) is 200 Å². The molecule has 0 aliphatic heterocycles. The highest BCUT2D eigenvalue weighted by atomic mass is 15.1. The van der Waals surface area contributed by atoms with Crippen LogP contribution in [0.4, 0.5) is 17.1 Å². The van der Waals surface area contributed by atoms with Crippen LogP contribution < -0.4 is 4.90 Å². The van der Waals surface area contributed by atoms with Crippen LogP contribution in [0.3, 0.4) is 0 Å². The predicted molar refractivity (Wildman–Crippen MR) is 260 cm³/mol. The molecule has 292 valence electrons. The summed E-state index contributed by atoms with van der Waals surface area (Å²) in [4.78, 5) is 2.56. The summed E-state index contributed by atoms with van der Waals surface area (Å²) in [5.74, 6) is 0. The van der Waals surface area contributed by atoms with Gasteiger partial charge in [-0.05, 0) is 133 Å². The van der Waals surface area contributed by atoms with Crippen LogP contribution in [0.25, 0.3) is 65.7 Å². The molecule has 1 spiro atoms. The minimum Gasteiger partial charge on any atom is -0.310 e. The van der Waals surface area contributed by atoms with Gasteiger partial charge in [0, 0.05) is 38.6 Å². The quantitative estimate of drug-likeness (QED) is 0.172. The van der Waals surface area contributed by atoms with Gasteiger partial charge < -0.3 is 9.47 Å². The minimum atomic E-state index is -0.458. The molecule has 14 rings (SSSR count). The predicted octanol–water partition coefficient (Wildman–Crippen LogP) is 15.6. The van der Waals surface area contributed by atoms with Crippen LogP contribution in [0, 0.1) is 0 Å². The van der Waals surface area contributed by atoms with Gasteiger partial charge in [-0.15, -0.1) is 0 Å². The fourth-order valence-corrected chi connectivity index (χ4v) is 12.5. The van der Waals surface area contributed by atoms with Gasteiger partial charge in [0.15, 0.2) is 0 Å². The molecule has 4 aliphatic carbocycles. The number of nitrogens with zero attached hydrogens (tertiary/aromatic N) is 2. The van der Waals surface area contributed by atoms with E-state index >= 15 is 0 Å². The molecule has 10 aromatic rings. The van der Waals surface area contributed by atoms with Gasteiger partial charge in [-0.25, -0.2) is 0 Å². The number of para-hydroxylation sites is 1. The number of hydrogen-bond acceptors (Lipinski definition) is 1. The van der Waals surface area contributed by atoms with Crippen LogP contribution in [-0.4, -0.2) is 4.57 Å². The molecule has 0 N–H and O–H groups in total. The highest BCUT2D eigenvalue weighted by Crippen LogP contribution is 2.64. The fourth-order valence-electron chi connectivity index (χ4n) is 12.5. The standard InChI is InChI=1S/C60H42N2/c1-59(2)47-24-11-8-22-44(47)46-35-41(32-33-48(46)59)61(40-31-30-37-16-6-7-17-38(37)34-40)54-36-55-58-56-45(54)23-14-27-51(56)60(49-25-12-9-20-42(49)43-21-10-13-26-50(43)60)52-28-15-29-53(57(52)58)62(55)39-18-4-3-5-19-39/h3-9,11-20,22-36H,10,21H2,1-2H3. The summed E-state index contributed by atoms with van der Waals surface area (Å²) in [6.45, 7) is 4.74. The Kier molecular flexibility index (Phi) is 6.70. The number of allylic oxidation sites excluding steroid dienone is 4. The van der Waals surface area contributed by atoms with E-state index in [1.807, 2.05) is 0 Å². The van der Waals surface area contributed by atoms with Crippen molar-refractivity contribution in [2.24, 2.45) is 0 Å². The molecule has 0 radical (unpaired) electrons. The van der Waals surface area contributed by atoms with E-state index in [2.05, 4.69) is 217 Å². The van der Waals surface area contributed by atoms with E-state index in [-0.39, 0.29) is 5.41 Å². The highest BCUT2D eigenvalue weighted by molar-refractivity contribution is 6.29. The van der Waals surface area contributed by atoms with E-state index < -0.39 is 5.41 Å². The summed E-state index contributed by atoms with van der Waals surface area (Å²) in [6.07, 6.45) is 7.01. The SMILES string of the molecule is CC1(C)c2ccccc2-c2cc(N(c3ccc4ccccc4c3)c3cc4c5c6c(cccc36)C3(C6=C(CCC=C6)c6ccccc63)c3cccc(c35)n4-c3ccccc3)ccc21. The van der Waals surface area contributed by atoms with Gasteiger partial charge >= 0.3 is 0 Å². The number of anilines is 3. The van der Waals surface area contributed by atoms with Crippen molar-refractivity contribution >= 4 is 66.0 Å². The van der Waals surface area contributed by atoms with E-state index in [4.69, 9.17) is 0 Å². The Hall–Kier alpha value is -7.42. The first-order valence-electron chi connectivity index (χ1n) is 22.2. The lowest BCUT2D eigenvalue weighted by Crippen LogP contribution is -2.31. The van der Waals surface area contributed by atoms with Crippen LogP contribution in [0.5, 0.6) is 0 Å². The second-order valence-corrected chi connectivity index (χ2v) is 18.3. The summed E-state index contributed by atoms with van der Waals surface area (Å²) in [5.41, 5.74) is 20.5. The Morgan fingerprint density at radius 3 is 2.03 bits per heavy atom. The van der Waals surface area contributed by atoms with Crippen LogP contribution in [0.1, 0.15) is 60.1 Å². The normalized spacial score (nSPS) is 17.5. The van der Waals surface area contributed by atoms with E-state index in [9.17, 15) is 0 Å². The van der Waals surface area contributed by atoms with E-state index in [0.29, 0.717) is 0 Å². The third-order valence-electron chi connectivity index (χ3n) is 15.0. The molecule has 0 bridgehead atoms. The zero-order chi connectivity index (χ0) is 40.9. The summed E-state index contributed by atoms with van der Waals surface area (Å²) in [6, 6.07) is 69.1. The lowest BCUT2D eigenvalue weighted by atomic mass is 9.62. The largest absolute Gasteiger partial charge is 0.310 e. The highest BCUT2D eigenvalue weighted by Gasteiger charge is 2.51. The molecule has 1 aromatic heterocycles. The van der Waals surface area contributed by atoms with E-state index in [1.165, 1.54) is 110 Å². The molecular weight excluding hydrogens is 749 g/mol. The number of rotatable bonds is 4. The van der Waals surface area contributed by atoms with Gasteiger partial charge in [0.2, 0.25) is 0 Å². The maximum Gasteiger partial charge on any atom is 0.0723 e. The minimum absolute atomic E-state index is 0.0862. The molecule has 0 amide bonds. The third-order valence-corrected chi connectivity index (χ3v) is 15.0. The molecule has 1 atom stereocenters. The maximum absolute atomic E-state index is 2.56. The summed E-state index contributed by atoms with van der Waals surface area (Å²) in [7, 11) is 0. The molecule has 62 heavy (non-hydrogen) atoms. The monoisotopic (exact) mass is 790 g/mol. The second kappa shape index (κ2) is 12.1. The fraction of sp³-hybridized carbons (Fsp3) is 0.100. The summed E-state index contributed by atoms with van der Waals surface area (Å²) in [5, 5.41) is 7.77. The number of benzene rings is 9. The van der Waals surface area contributed by atoms with Gasteiger partial charge in [0.05, 0.1) is 22.1 Å². The van der Waals surface area contributed by atoms with E-state index in [1.54, 1.807) is 0 Å². The first-order chi connectivity index (χ1) is 30.5. The van der Waals surface area contributed by atoms with Crippen molar-refractivity contribution in [3.63, 3.8) is 0 Å². The first kappa shape index (κ1) is 34.3. The lowest BCUT2D eigenvalue weighted by Gasteiger charge is -2.39. The molecule has 1 heterocycles. The van der Waals surface area contributed by atoms with Crippen molar-refractivity contribution in [2.75, 3.05) is 4.90 Å².